The molecule has 4 aromatic rings. The van der Waals surface area contributed by atoms with Crippen LogP contribution in [0.2, 0.25) is 0 Å². The van der Waals surface area contributed by atoms with Gasteiger partial charge in [0.25, 0.3) is 10.0 Å². The SMILES string of the molecule is O=S(=O)(Nc1ccc2nsnc2c1)c1ccccc1-c1ccccc1. The van der Waals surface area contributed by atoms with Gasteiger partial charge >= 0.3 is 0 Å². The van der Waals surface area contributed by atoms with E-state index in [4.69, 9.17) is 0 Å². The van der Waals surface area contributed by atoms with Crippen molar-refractivity contribution in [3.63, 3.8) is 0 Å². The van der Waals surface area contributed by atoms with Gasteiger partial charge in [0, 0.05) is 5.56 Å². The van der Waals surface area contributed by atoms with E-state index in [1.165, 1.54) is 0 Å². The summed E-state index contributed by atoms with van der Waals surface area (Å²) in [5, 5.41) is 0. The quantitative estimate of drug-likeness (QED) is 0.588. The van der Waals surface area contributed by atoms with Crippen molar-refractivity contribution in [2.75, 3.05) is 4.72 Å². The predicted molar refractivity (Wildman–Crippen MR) is 100 cm³/mol. The highest BCUT2D eigenvalue weighted by molar-refractivity contribution is 7.92. The number of aromatic nitrogens is 2. The normalized spacial score (nSPS) is 11.5. The first-order chi connectivity index (χ1) is 12.1. The minimum atomic E-state index is -3.74. The van der Waals surface area contributed by atoms with Crippen molar-refractivity contribution in [3.8, 4) is 11.1 Å². The number of sulfonamides is 1. The van der Waals surface area contributed by atoms with Gasteiger partial charge in [0.1, 0.15) is 11.0 Å². The van der Waals surface area contributed by atoms with Gasteiger partial charge in [-0.2, -0.15) is 8.75 Å². The third-order valence-electron chi connectivity index (χ3n) is 3.77. The maximum Gasteiger partial charge on any atom is 0.262 e. The Balaban J connectivity index is 1.75. The Morgan fingerprint density at radius 1 is 0.800 bits per heavy atom. The number of hydrogen-bond acceptors (Lipinski definition) is 5. The van der Waals surface area contributed by atoms with E-state index in [0.717, 1.165) is 22.8 Å². The van der Waals surface area contributed by atoms with Crippen molar-refractivity contribution in [3.05, 3.63) is 72.8 Å². The number of rotatable bonds is 4. The number of nitrogens with zero attached hydrogens (tertiary/aromatic N) is 2. The number of hydrogen-bond donors (Lipinski definition) is 1. The Bertz CT molecular complexity index is 1140. The highest BCUT2D eigenvalue weighted by atomic mass is 32.2. The van der Waals surface area contributed by atoms with E-state index in [2.05, 4.69) is 13.5 Å². The van der Waals surface area contributed by atoms with E-state index in [-0.39, 0.29) is 4.90 Å². The standard InChI is InChI=1S/C18H13N3O2S2/c22-25(23,21-14-10-11-16-17(12-14)20-24-19-16)18-9-5-4-8-15(18)13-6-2-1-3-7-13/h1-12,21H. The zero-order chi connectivity index (χ0) is 17.3. The lowest BCUT2D eigenvalue weighted by Gasteiger charge is -2.12. The van der Waals surface area contributed by atoms with Crippen LogP contribution in [0.1, 0.15) is 0 Å². The number of anilines is 1. The summed E-state index contributed by atoms with van der Waals surface area (Å²) < 4.78 is 36.8. The van der Waals surface area contributed by atoms with E-state index >= 15 is 0 Å². The molecular weight excluding hydrogens is 354 g/mol. The van der Waals surface area contributed by atoms with Gasteiger partial charge in [-0.15, -0.1) is 0 Å². The second-order valence-corrected chi connectivity index (χ2v) is 7.61. The van der Waals surface area contributed by atoms with Crippen molar-refractivity contribution >= 4 is 38.5 Å². The molecule has 0 fully saturated rings. The van der Waals surface area contributed by atoms with Gasteiger partial charge in [-0.3, -0.25) is 4.72 Å². The molecule has 0 saturated carbocycles. The summed E-state index contributed by atoms with van der Waals surface area (Å²) in [6.45, 7) is 0. The van der Waals surface area contributed by atoms with Gasteiger partial charge < -0.3 is 0 Å². The van der Waals surface area contributed by atoms with Crippen molar-refractivity contribution in [1.82, 2.24) is 8.75 Å². The Kier molecular flexibility index (Phi) is 3.95. The van der Waals surface area contributed by atoms with E-state index in [1.54, 1.807) is 36.4 Å². The molecule has 0 aliphatic heterocycles. The number of benzene rings is 3. The minimum Gasteiger partial charge on any atom is -0.280 e. The minimum absolute atomic E-state index is 0.234. The molecule has 124 valence electrons. The summed E-state index contributed by atoms with van der Waals surface area (Å²) in [5.74, 6) is 0. The molecule has 0 spiro atoms. The topological polar surface area (TPSA) is 72.0 Å². The molecule has 0 unspecified atom stereocenters. The van der Waals surface area contributed by atoms with E-state index < -0.39 is 10.0 Å². The first-order valence-electron chi connectivity index (χ1n) is 7.53. The van der Waals surface area contributed by atoms with Gasteiger partial charge in [-0.25, -0.2) is 8.42 Å². The lowest BCUT2D eigenvalue weighted by atomic mass is 10.1. The Labute approximate surface area is 149 Å². The monoisotopic (exact) mass is 367 g/mol. The summed E-state index contributed by atoms with van der Waals surface area (Å²) in [7, 11) is -3.74. The molecule has 0 aliphatic carbocycles. The molecule has 0 amide bonds. The number of fused-ring (bicyclic) bond motifs is 1. The van der Waals surface area contributed by atoms with Crippen LogP contribution < -0.4 is 4.72 Å². The highest BCUT2D eigenvalue weighted by Gasteiger charge is 2.19. The molecule has 0 atom stereocenters. The summed E-state index contributed by atoms with van der Waals surface area (Å²) in [6, 6.07) is 21.5. The molecule has 0 bridgehead atoms. The molecule has 4 rings (SSSR count). The van der Waals surface area contributed by atoms with Crippen LogP contribution in [0.15, 0.2) is 77.7 Å². The molecule has 1 N–H and O–H groups in total. The highest BCUT2D eigenvalue weighted by Crippen LogP contribution is 2.29. The van der Waals surface area contributed by atoms with Crippen molar-refractivity contribution < 1.29 is 8.42 Å². The summed E-state index contributed by atoms with van der Waals surface area (Å²) in [4.78, 5) is 0.234. The van der Waals surface area contributed by atoms with E-state index in [1.807, 2.05) is 36.4 Å². The van der Waals surface area contributed by atoms with Crippen LogP contribution in [0.4, 0.5) is 5.69 Å². The molecule has 5 nitrogen and oxygen atoms in total. The summed E-state index contributed by atoms with van der Waals surface area (Å²) >= 11 is 1.10. The Morgan fingerprint density at radius 3 is 2.36 bits per heavy atom. The molecule has 7 heteroatoms. The molecular formula is C18H13N3O2S2. The van der Waals surface area contributed by atoms with Crippen molar-refractivity contribution in [2.45, 2.75) is 4.90 Å². The fraction of sp³-hybridized carbons (Fsp3) is 0. The van der Waals surface area contributed by atoms with Crippen LogP contribution in [0, 0.1) is 0 Å². The van der Waals surface area contributed by atoms with Gasteiger partial charge in [0.15, 0.2) is 0 Å². The first kappa shape index (κ1) is 15.7. The van der Waals surface area contributed by atoms with Gasteiger partial charge in [-0.1, -0.05) is 48.5 Å². The molecule has 1 aromatic heterocycles. The summed E-state index contributed by atoms with van der Waals surface area (Å²) in [5.41, 5.74) is 3.39. The van der Waals surface area contributed by atoms with E-state index in [9.17, 15) is 8.42 Å². The van der Waals surface area contributed by atoms with Crippen LogP contribution >= 0.6 is 11.7 Å². The molecule has 25 heavy (non-hydrogen) atoms. The number of nitrogens with one attached hydrogen (secondary N) is 1. The Hall–Kier alpha value is -2.77. The first-order valence-corrected chi connectivity index (χ1v) is 9.74. The second-order valence-electron chi connectivity index (χ2n) is 5.44. The average molecular weight is 367 g/mol. The zero-order valence-corrected chi connectivity index (χ0v) is 14.6. The fourth-order valence-electron chi connectivity index (χ4n) is 2.61. The van der Waals surface area contributed by atoms with E-state index in [0.29, 0.717) is 16.8 Å². The second kappa shape index (κ2) is 6.27. The van der Waals surface area contributed by atoms with Crippen LogP contribution in [0.25, 0.3) is 22.2 Å². The summed E-state index contributed by atoms with van der Waals surface area (Å²) in [6.07, 6.45) is 0. The average Bonchev–Trinajstić information content (AvgIpc) is 3.10. The largest absolute Gasteiger partial charge is 0.280 e. The van der Waals surface area contributed by atoms with Crippen molar-refractivity contribution in [2.24, 2.45) is 0 Å². The van der Waals surface area contributed by atoms with Crippen LogP contribution in [-0.4, -0.2) is 17.2 Å². The van der Waals surface area contributed by atoms with Crippen LogP contribution in [0.3, 0.4) is 0 Å². The third-order valence-corrected chi connectivity index (χ3v) is 5.76. The molecule has 0 saturated heterocycles. The maximum absolute atomic E-state index is 12.9. The molecule has 1 heterocycles. The lowest BCUT2D eigenvalue weighted by molar-refractivity contribution is 0.601. The van der Waals surface area contributed by atoms with Crippen LogP contribution in [-0.2, 0) is 10.0 Å². The zero-order valence-electron chi connectivity index (χ0n) is 13.0. The van der Waals surface area contributed by atoms with Gasteiger partial charge in [0.2, 0.25) is 0 Å². The van der Waals surface area contributed by atoms with Crippen molar-refractivity contribution in [1.29, 1.82) is 0 Å². The fourth-order valence-corrected chi connectivity index (χ4v) is 4.41. The maximum atomic E-state index is 12.9. The predicted octanol–water partition coefficient (Wildman–Crippen LogP) is 4.16. The lowest BCUT2D eigenvalue weighted by Crippen LogP contribution is -2.14. The van der Waals surface area contributed by atoms with Gasteiger partial charge in [0.05, 0.1) is 22.3 Å². The molecule has 3 aromatic carbocycles. The molecule has 0 radical (unpaired) electrons. The van der Waals surface area contributed by atoms with Gasteiger partial charge in [-0.05, 0) is 29.8 Å². The smallest absolute Gasteiger partial charge is 0.262 e. The molecule has 0 aliphatic rings. The van der Waals surface area contributed by atoms with Crippen LogP contribution in [0.5, 0.6) is 0 Å². The third kappa shape index (κ3) is 3.11. The Morgan fingerprint density at radius 2 is 1.52 bits per heavy atom.